The predicted molar refractivity (Wildman–Crippen MR) is 122 cm³/mol. The van der Waals surface area contributed by atoms with Crippen molar-refractivity contribution >= 4 is 22.9 Å². The van der Waals surface area contributed by atoms with Crippen molar-refractivity contribution in [3.8, 4) is 0 Å². The van der Waals surface area contributed by atoms with Gasteiger partial charge in [0.1, 0.15) is 12.2 Å². The smallest absolute Gasteiger partial charge is 0.223 e. The summed E-state index contributed by atoms with van der Waals surface area (Å²) in [6.07, 6.45) is 11.8. The number of carbonyl (C=O) groups is 1. The Hall–Kier alpha value is -2.18. The normalized spacial score (nSPS) is 27.7. The molecule has 1 saturated heterocycles. The van der Waals surface area contributed by atoms with Crippen LogP contribution in [-0.4, -0.2) is 44.6 Å². The van der Waals surface area contributed by atoms with Crippen LogP contribution in [0.25, 0.3) is 11.2 Å². The molecule has 5 rings (SSSR count). The lowest BCUT2D eigenvalue weighted by Gasteiger charge is -2.37. The van der Waals surface area contributed by atoms with Crippen molar-refractivity contribution in [1.82, 2.24) is 24.8 Å². The monoisotopic (exact) mass is 424 g/mol. The van der Waals surface area contributed by atoms with Gasteiger partial charge in [0.25, 0.3) is 0 Å². The van der Waals surface area contributed by atoms with E-state index in [0.717, 1.165) is 68.1 Å². The highest BCUT2D eigenvalue weighted by molar-refractivity contribution is 5.84. The van der Waals surface area contributed by atoms with Gasteiger partial charge in [0.2, 0.25) is 5.91 Å². The van der Waals surface area contributed by atoms with Gasteiger partial charge in [-0.05, 0) is 43.9 Å². The number of fused-ring (bicyclic) bond motifs is 3. The summed E-state index contributed by atoms with van der Waals surface area (Å²) in [6, 6.07) is 0.344. The molecule has 3 aliphatic rings. The highest BCUT2D eigenvalue weighted by Gasteiger charge is 2.32. The first-order valence-corrected chi connectivity index (χ1v) is 12.4. The Morgan fingerprint density at radius 2 is 1.84 bits per heavy atom. The first kappa shape index (κ1) is 20.7. The third-order valence-corrected chi connectivity index (χ3v) is 8.07. The summed E-state index contributed by atoms with van der Waals surface area (Å²) in [7, 11) is 0. The summed E-state index contributed by atoms with van der Waals surface area (Å²) in [4.78, 5) is 29.4. The number of aryl methyl sites for hydroxylation is 2. The van der Waals surface area contributed by atoms with Crippen LogP contribution in [0.4, 0.5) is 5.82 Å². The molecule has 0 unspecified atom stereocenters. The number of nitrogens with zero attached hydrogens (tertiary/aromatic N) is 5. The number of amides is 1. The summed E-state index contributed by atoms with van der Waals surface area (Å²) in [6.45, 7) is 7.32. The molecule has 2 aliphatic heterocycles. The Morgan fingerprint density at radius 3 is 2.68 bits per heavy atom. The van der Waals surface area contributed by atoms with Crippen molar-refractivity contribution in [2.24, 2.45) is 17.8 Å². The van der Waals surface area contributed by atoms with E-state index in [9.17, 15) is 4.79 Å². The fourth-order valence-corrected chi connectivity index (χ4v) is 5.80. The van der Waals surface area contributed by atoms with Crippen molar-refractivity contribution in [2.45, 2.75) is 84.2 Å². The van der Waals surface area contributed by atoms with E-state index in [2.05, 4.69) is 38.6 Å². The number of piperidine rings is 1. The van der Waals surface area contributed by atoms with Crippen molar-refractivity contribution in [1.29, 1.82) is 0 Å². The maximum Gasteiger partial charge on any atom is 0.223 e. The molecule has 1 saturated carbocycles. The van der Waals surface area contributed by atoms with E-state index in [-0.39, 0.29) is 11.8 Å². The molecule has 31 heavy (non-hydrogen) atoms. The highest BCUT2D eigenvalue weighted by atomic mass is 16.2. The molecule has 0 aromatic carbocycles. The molecule has 0 radical (unpaired) electrons. The molecule has 2 aromatic rings. The molecule has 7 nitrogen and oxygen atoms in total. The minimum absolute atomic E-state index is 0.108. The molecule has 168 valence electrons. The van der Waals surface area contributed by atoms with E-state index in [1.165, 1.54) is 32.1 Å². The van der Waals surface area contributed by atoms with Crippen LogP contribution in [0.2, 0.25) is 0 Å². The van der Waals surface area contributed by atoms with Crippen molar-refractivity contribution in [3.05, 3.63) is 12.2 Å². The van der Waals surface area contributed by atoms with Crippen LogP contribution in [0, 0.1) is 17.8 Å². The minimum atomic E-state index is 0.108. The maximum absolute atomic E-state index is 13.0. The molecule has 7 heteroatoms. The van der Waals surface area contributed by atoms with Crippen molar-refractivity contribution in [2.75, 3.05) is 18.0 Å². The van der Waals surface area contributed by atoms with Crippen LogP contribution in [0.3, 0.4) is 0 Å². The zero-order chi connectivity index (χ0) is 21.4. The number of hydrogen-bond acceptors (Lipinski definition) is 5. The Balaban J connectivity index is 1.25. The summed E-state index contributed by atoms with van der Waals surface area (Å²) in [5, 5.41) is 3.39. The predicted octanol–water partition coefficient (Wildman–Crippen LogP) is 3.71. The number of anilines is 1. The molecule has 1 amide bonds. The van der Waals surface area contributed by atoms with Gasteiger partial charge in [-0.3, -0.25) is 4.79 Å². The van der Waals surface area contributed by atoms with Crippen LogP contribution in [0.5, 0.6) is 0 Å². The average molecular weight is 425 g/mol. The van der Waals surface area contributed by atoms with Crippen LogP contribution in [0.1, 0.15) is 71.0 Å². The maximum atomic E-state index is 13.0. The number of carbonyl (C=O) groups excluding carboxylic acids is 1. The Morgan fingerprint density at radius 1 is 1.00 bits per heavy atom. The lowest BCUT2D eigenvalue weighted by Crippen LogP contribution is -2.48. The molecule has 1 aliphatic carbocycles. The first-order valence-electron chi connectivity index (χ1n) is 12.4. The quantitative estimate of drug-likeness (QED) is 0.813. The molecule has 2 aromatic heterocycles. The third-order valence-electron chi connectivity index (χ3n) is 8.07. The molecule has 3 atom stereocenters. The van der Waals surface area contributed by atoms with Gasteiger partial charge < -0.3 is 14.8 Å². The van der Waals surface area contributed by atoms with E-state index in [4.69, 9.17) is 4.98 Å². The Bertz CT molecular complexity index is 932. The summed E-state index contributed by atoms with van der Waals surface area (Å²) in [5.41, 5.74) is 1.91. The standard InChI is InChI=1S/C24H36N6O/c1-16-7-6-8-19(17(16)2)27-24(31)18-10-13-29(14-11-18)22-21-23(26-15-25-22)30-12-5-3-4-9-20(30)28-21/h15-19H,3-14H2,1-2H3,(H,27,31)/t16-,17+,19+/m1/s1. The fourth-order valence-electron chi connectivity index (χ4n) is 5.80. The average Bonchev–Trinajstić information content (AvgIpc) is 2.98. The molecule has 4 heterocycles. The molecular formula is C24H36N6O. The van der Waals surface area contributed by atoms with Gasteiger partial charge in [-0.2, -0.15) is 0 Å². The molecule has 0 bridgehead atoms. The van der Waals surface area contributed by atoms with Crippen LogP contribution in [-0.2, 0) is 17.8 Å². The van der Waals surface area contributed by atoms with Crippen LogP contribution < -0.4 is 10.2 Å². The minimum Gasteiger partial charge on any atom is -0.355 e. The van der Waals surface area contributed by atoms with Gasteiger partial charge in [-0.1, -0.05) is 33.1 Å². The summed E-state index contributed by atoms with van der Waals surface area (Å²) >= 11 is 0. The van der Waals surface area contributed by atoms with E-state index in [1.54, 1.807) is 6.33 Å². The topological polar surface area (TPSA) is 75.9 Å². The van der Waals surface area contributed by atoms with Gasteiger partial charge in [0, 0.05) is 38.0 Å². The molecule has 2 fully saturated rings. The number of nitrogens with one attached hydrogen (secondary N) is 1. The van der Waals surface area contributed by atoms with Gasteiger partial charge in [-0.15, -0.1) is 0 Å². The lowest BCUT2D eigenvalue weighted by molar-refractivity contribution is -0.127. The molecule has 0 spiro atoms. The highest BCUT2D eigenvalue weighted by Crippen LogP contribution is 2.32. The van der Waals surface area contributed by atoms with Gasteiger partial charge >= 0.3 is 0 Å². The van der Waals surface area contributed by atoms with Crippen molar-refractivity contribution < 1.29 is 4.79 Å². The van der Waals surface area contributed by atoms with Gasteiger partial charge in [-0.25, -0.2) is 15.0 Å². The SMILES string of the molecule is C[C@H]1[C@H](C)CCC[C@@H]1NC(=O)C1CCN(c2ncnc3c2nc2n3CCCCC2)CC1. The lowest BCUT2D eigenvalue weighted by atomic mass is 9.78. The Kier molecular flexibility index (Phi) is 5.85. The van der Waals surface area contributed by atoms with E-state index >= 15 is 0 Å². The number of imidazole rings is 1. The van der Waals surface area contributed by atoms with E-state index < -0.39 is 0 Å². The van der Waals surface area contributed by atoms with Crippen molar-refractivity contribution in [3.63, 3.8) is 0 Å². The second-order valence-corrected chi connectivity index (χ2v) is 10.0. The summed E-state index contributed by atoms with van der Waals surface area (Å²) in [5.74, 6) is 3.73. The zero-order valence-corrected chi connectivity index (χ0v) is 19.0. The third kappa shape index (κ3) is 4.03. The Labute approximate surface area is 185 Å². The molecular weight excluding hydrogens is 388 g/mol. The van der Waals surface area contributed by atoms with Crippen LogP contribution in [0.15, 0.2) is 6.33 Å². The van der Waals surface area contributed by atoms with E-state index in [0.29, 0.717) is 17.9 Å². The number of aromatic nitrogens is 4. The number of rotatable bonds is 3. The first-order chi connectivity index (χ1) is 15.1. The van der Waals surface area contributed by atoms with Gasteiger partial charge in [0.05, 0.1) is 0 Å². The zero-order valence-electron chi connectivity index (χ0n) is 19.0. The molecule has 1 N–H and O–H groups in total. The largest absolute Gasteiger partial charge is 0.355 e. The second kappa shape index (κ2) is 8.75. The van der Waals surface area contributed by atoms with E-state index in [1.807, 2.05) is 0 Å². The van der Waals surface area contributed by atoms with Crippen LogP contribution >= 0.6 is 0 Å². The summed E-state index contributed by atoms with van der Waals surface area (Å²) < 4.78 is 2.29. The second-order valence-electron chi connectivity index (χ2n) is 10.0. The fraction of sp³-hybridized carbons (Fsp3) is 0.750. The van der Waals surface area contributed by atoms with Gasteiger partial charge in [0.15, 0.2) is 17.0 Å². The number of hydrogen-bond donors (Lipinski definition) is 1.